The van der Waals surface area contributed by atoms with Gasteiger partial charge in [0.25, 0.3) is 5.91 Å². The van der Waals surface area contributed by atoms with Gasteiger partial charge in [-0.3, -0.25) is 4.79 Å². The number of nitrogens with one attached hydrogen (secondary N) is 1. The van der Waals surface area contributed by atoms with E-state index in [9.17, 15) is 4.79 Å². The Morgan fingerprint density at radius 1 is 1.03 bits per heavy atom. The van der Waals surface area contributed by atoms with Crippen LogP contribution in [0.15, 0.2) is 67.0 Å². The van der Waals surface area contributed by atoms with Crippen LogP contribution in [0.25, 0.3) is 11.0 Å². The van der Waals surface area contributed by atoms with Crippen molar-refractivity contribution in [1.82, 2.24) is 14.8 Å². The molecule has 7 nitrogen and oxygen atoms in total. The highest BCUT2D eigenvalue weighted by Crippen LogP contribution is 2.31. The van der Waals surface area contributed by atoms with Crippen molar-refractivity contribution in [2.75, 3.05) is 12.4 Å². The van der Waals surface area contributed by atoms with Crippen LogP contribution in [0.5, 0.6) is 17.2 Å². The van der Waals surface area contributed by atoms with Crippen molar-refractivity contribution in [3.05, 3.63) is 72.6 Å². The third-order valence-electron chi connectivity index (χ3n) is 4.59. The normalized spacial score (nSPS) is 10.9. The van der Waals surface area contributed by atoms with Gasteiger partial charge in [0, 0.05) is 23.3 Å². The maximum Gasteiger partial charge on any atom is 0.257 e. The number of benzene rings is 2. The highest BCUT2D eigenvalue weighted by atomic mass is 16.5. The van der Waals surface area contributed by atoms with Crippen molar-refractivity contribution in [3.63, 3.8) is 0 Å². The Bertz CT molecular complexity index is 1180. The van der Waals surface area contributed by atoms with Gasteiger partial charge in [-0.2, -0.15) is 5.10 Å². The van der Waals surface area contributed by atoms with Gasteiger partial charge in [0.05, 0.1) is 18.9 Å². The van der Waals surface area contributed by atoms with Crippen molar-refractivity contribution in [2.45, 2.75) is 19.9 Å². The first-order valence-electron chi connectivity index (χ1n) is 9.60. The molecule has 0 aliphatic rings. The first-order valence-corrected chi connectivity index (χ1v) is 9.60. The highest BCUT2D eigenvalue weighted by Gasteiger charge is 2.12. The van der Waals surface area contributed by atoms with Gasteiger partial charge in [0.1, 0.15) is 5.75 Å². The maximum atomic E-state index is 12.6. The van der Waals surface area contributed by atoms with Gasteiger partial charge in [-0.05, 0) is 56.3 Å². The molecule has 152 valence electrons. The molecule has 0 saturated heterocycles. The molecule has 1 amide bonds. The average molecular weight is 402 g/mol. The number of aromatic nitrogens is 3. The number of para-hydroxylation sites is 2. The van der Waals surface area contributed by atoms with E-state index in [0.29, 0.717) is 28.5 Å². The molecule has 4 rings (SSSR count). The van der Waals surface area contributed by atoms with Crippen LogP contribution in [0.2, 0.25) is 0 Å². The molecule has 0 saturated carbocycles. The highest BCUT2D eigenvalue weighted by molar-refractivity contribution is 6.05. The maximum absolute atomic E-state index is 12.6. The Morgan fingerprint density at radius 2 is 1.77 bits per heavy atom. The van der Waals surface area contributed by atoms with Gasteiger partial charge in [-0.1, -0.05) is 12.1 Å². The van der Waals surface area contributed by atoms with Gasteiger partial charge < -0.3 is 14.8 Å². The Kier molecular flexibility index (Phi) is 5.34. The lowest BCUT2D eigenvalue weighted by Crippen LogP contribution is -2.12. The van der Waals surface area contributed by atoms with E-state index in [0.717, 1.165) is 11.0 Å². The minimum atomic E-state index is -0.236. The SMILES string of the molecule is COc1ccccc1Oc1ccc(NC(=O)c2cnc3c(cnn3C(C)C)c2)cc1. The molecule has 0 radical (unpaired) electrons. The molecule has 7 heteroatoms. The Labute approximate surface area is 174 Å². The van der Waals surface area contributed by atoms with E-state index >= 15 is 0 Å². The van der Waals surface area contributed by atoms with Gasteiger partial charge in [0.2, 0.25) is 0 Å². The number of pyridine rings is 1. The van der Waals surface area contributed by atoms with E-state index in [2.05, 4.69) is 15.4 Å². The molecule has 2 aromatic carbocycles. The van der Waals surface area contributed by atoms with E-state index in [1.54, 1.807) is 49.8 Å². The van der Waals surface area contributed by atoms with Crippen LogP contribution in [0, 0.1) is 0 Å². The second-order valence-corrected chi connectivity index (χ2v) is 7.05. The summed E-state index contributed by atoms with van der Waals surface area (Å²) in [5, 5.41) is 8.05. The van der Waals surface area contributed by atoms with Crippen molar-refractivity contribution in [3.8, 4) is 17.2 Å². The lowest BCUT2D eigenvalue weighted by Gasteiger charge is -2.11. The zero-order valence-electron chi connectivity index (χ0n) is 17.0. The lowest BCUT2D eigenvalue weighted by molar-refractivity contribution is 0.102. The molecule has 1 N–H and O–H groups in total. The average Bonchev–Trinajstić information content (AvgIpc) is 3.19. The van der Waals surface area contributed by atoms with Crippen LogP contribution >= 0.6 is 0 Å². The Morgan fingerprint density at radius 3 is 2.47 bits per heavy atom. The van der Waals surface area contributed by atoms with E-state index in [1.807, 2.05) is 42.8 Å². The fraction of sp³-hybridized carbons (Fsp3) is 0.174. The third kappa shape index (κ3) is 3.96. The number of carbonyl (C=O) groups excluding carboxylic acids is 1. The molecule has 4 aromatic rings. The minimum Gasteiger partial charge on any atom is -0.493 e. The largest absolute Gasteiger partial charge is 0.493 e. The fourth-order valence-corrected chi connectivity index (χ4v) is 3.08. The van der Waals surface area contributed by atoms with Crippen molar-refractivity contribution in [1.29, 1.82) is 0 Å². The number of hydrogen-bond acceptors (Lipinski definition) is 5. The molecule has 2 aromatic heterocycles. The van der Waals surface area contributed by atoms with Crippen LogP contribution in [0.3, 0.4) is 0 Å². The number of carbonyl (C=O) groups is 1. The predicted octanol–water partition coefficient (Wildman–Crippen LogP) is 5.07. The summed E-state index contributed by atoms with van der Waals surface area (Å²) in [6.07, 6.45) is 3.29. The number of rotatable bonds is 6. The quantitative estimate of drug-likeness (QED) is 0.487. The number of nitrogens with zero attached hydrogens (tertiary/aromatic N) is 3. The number of fused-ring (bicyclic) bond motifs is 1. The van der Waals surface area contributed by atoms with E-state index in [-0.39, 0.29) is 11.9 Å². The monoisotopic (exact) mass is 402 g/mol. The second kappa shape index (κ2) is 8.24. The minimum absolute atomic E-state index is 0.200. The number of anilines is 1. The van der Waals surface area contributed by atoms with Gasteiger partial charge in [0.15, 0.2) is 17.1 Å². The zero-order chi connectivity index (χ0) is 21.1. The molecule has 0 bridgehead atoms. The number of ether oxygens (including phenoxy) is 2. The third-order valence-corrected chi connectivity index (χ3v) is 4.59. The lowest BCUT2D eigenvalue weighted by atomic mass is 10.2. The molecule has 30 heavy (non-hydrogen) atoms. The van der Waals surface area contributed by atoms with Crippen LogP contribution in [0.4, 0.5) is 5.69 Å². The molecule has 0 aliphatic heterocycles. The molecule has 0 spiro atoms. The van der Waals surface area contributed by atoms with Crippen LogP contribution in [0.1, 0.15) is 30.2 Å². The summed E-state index contributed by atoms with van der Waals surface area (Å²) >= 11 is 0. The van der Waals surface area contributed by atoms with Gasteiger partial charge in [-0.15, -0.1) is 0 Å². The van der Waals surface area contributed by atoms with E-state index < -0.39 is 0 Å². The van der Waals surface area contributed by atoms with Crippen LogP contribution in [-0.2, 0) is 0 Å². The molecule has 0 atom stereocenters. The summed E-state index contributed by atoms with van der Waals surface area (Å²) in [5.74, 6) is 1.68. The van der Waals surface area contributed by atoms with Crippen molar-refractivity contribution >= 4 is 22.6 Å². The molecule has 0 aliphatic carbocycles. The standard InChI is InChI=1S/C23H22N4O3/c1-15(2)27-22-16(14-25-27)12-17(13-24-22)23(28)26-18-8-10-19(11-9-18)30-21-7-5-4-6-20(21)29-3/h4-15H,1-3H3,(H,26,28). The first kappa shape index (κ1) is 19.4. The van der Waals surface area contributed by atoms with Crippen LogP contribution < -0.4 is 14.8 Å². The van der Waals surface area contributed by atoms with E-state index in [4.69, 9.17) is 9.47 Å². The molecule has 2 heterocycles. The summed E-state index contributed by atoms with van der Waals surface area (Å²) in [6, 6.07) is 16.6. The Hall–Kier alpha value is -3.87. The number of methoxy groups -OCH3 is 1. The summed E-state index contributed by atoms with van der Waals surface area (Å²) in [5.41, 5.74) is 1.89. The summed E-state index contributed by atoms with van der Waals surface area (Å²) in [7, 11) is 1.60. The Balaban J connectivity index is 1.46. The smallest absolute Gasteiger partial charge is 0.257 e. The molecular formula is C23H22N4O3. The number of hydrogen-bond donors (Lipinski definition) is 1. The topological polar surface area (TPSA) is 78.3 Å². The number of amides is 1. The van der Waals surface area contributed by atoms with Gasteiger partial charge in [-0.25, -0.2) is 9.67 Å². The summed E-state index contributed by atoms with van der Waals surface area (Å²) in [4.78, 5) is 17.0. The second-order valence-electron chi connectivity index (χ2n) is 7.05. The molecule has 0 fully saturated rings. The van der Waals surface area contributed by atoms with Crippen molar-refractivity contribution in [2.24, 2.45) is 0 Å². The summed E-state index contributed by atoms with van der Waals surface area (Å²) in [6.45, 7) is 4.08. The molecular weight excluding hydrogens is 380 g/mol. The predicted molar refractivity (Wildman–Crippen MR) is 115 cm³/mol. The van der Waals surface area contributed by atoms with Crippen LogP contribution in [-0.4, -0.2) is 27.8 Å². The first-order chi connectivity index (χ1) is 14.5. The zero-order valence-corrected chi connectivity index (χ0v) is 17.0. The van der Waals surface area contributed by atoms with E-state index in [1.165, 1.54) is 0 Å². The van der Waals surface area contributed by atoms with Crippen molar-refractivity contribution < 1.29 is 14.3 Å². The molecule has 0 unspecified atom stereocenters. The summed E-state index contributed by atoms with van der Waals surface area (Å²) < 4.78 is 13.0. The van der Waals surface area contributed by atoms with Gasteiger partial charge >= 0.3 is 0 Å². The fourth-order valence-electron chi connectivity index (χ4n) is 3.08.